The van der Waals surface area contributed by atoms with Gasteiger partial charge in [0.15, 0.2) is 0 Å². The second kappa shape index (κ2) is 8.82. The zero-order chi connectivity index (χ0) is 15.0. The maximum atomic E-state index is 12.2. The lowest BCUT2D eigenvalue weighted by atomic mass is 10.3. The van der Waals surface area contributed by atoms with Crippen LogP contribution in [-0.4, -0.2) is 48.6 Å². The van der Waals surface area contributed by atoms with E-state index in [1.54, 1.807) is 17.0 Å². The predicted molar refractivity (Wildman–Crippen MR) is 85.5 cm³/mol. The quantitative estimate of drug-likeness (QED) is 0.835. The molecule has 0 aromatic heterocycles. The summed E-state index contributed by atoms with van der Waals surface area (Å²) in [6.45, 7) is 10.6. The SMILES string of the molecule is CCN(CC)CCN(CC)C(=O)Nc1cccc(Cl)c1. The zero-order valence-electron chi connectivity index (χ0n) is 12.5. The van der Waals surface area contributed by atoms with E-state index in [1.807, 2.05) is 19.1 Å². The zero-order valence-corrected chi connectivity index (χ0v) is 13.3. The average Bonchev–Trinajstić information content (AvgIpc) is 2.43. The van der Waals surface area contributed by atoms with Crippen LogP contribution in [0.15, 0.2) is 24.3 Å². The number of rotatable bonds is 7. The first kappa shape index (κ1) is 16.8. The summed E-state index contributed by atoms with van der Waals surface area (Å²) in [7, 11) is 0. The standard InChI is InChI=1S/C15H24ClN3O/c1-4-18(5-2)10-11-19(6-3)15(20)17-14-9-7-8-13(16)12-14/h7-9,12H,4-6,10-11H2,1-3H3,(H,17,20). The largest absolute Gasteiger partial charge is 0.324 e. The third-order valence-electron chi connectivity index (χ3n) is 3.33. The minimum Gasteiger partial charge on any atom is -0.324 e. The minimum atomic E-state index is -0.0816. The maximum Gasteiger partial charge on any atom is 0.321 e. The number of nitrogens with zero attached hydrogens (tertiary/aromatic N) is 2. The molecule has 0 fully saturated rings. The van der Waals surface area contributed by atoms with Crippen molar-refractivity contribution in [2.24, 2.45) is 0 Å². The number of hydrogen-bond donors (Lipinski definition) is 1. The van der Waals surface area contributed by atoms with Crippen LogP contribution in [0.2, 0.25) is 5.02 Å². The fourth-order valence-electron chi connectivity index (χ4n) is 1.97. The summed E-state index contributed by atoms with van der Waals surface area (Å²) >= 11 is 5.91. The number of anilines is 1. The van der Waals surface area contributed by atoms with Crippen molar-refractivity contribution in [2.75, 3.05) is 38.0 Å². The van der Waals surface area contributed by atoms with Gasteiger partial charge in [0.25, 0.3) is 0 Å². The monoisotopic (exact) mass is 297 g/mol. The van der Waals surface area contributed by atoms with E-state index in [9.17, 15) is 4.79 Å². The van der Waals surface area contributed by atoms with Crippen LogP contribution in [0, 0.1) is 0 Å². The van der Waals surface area contributed by atoms with Crippen molar-refractivity contribution in [3.8, 4) is 0 Å². The number of benzene rings is 1. The van der Waals surface area contributed by atoms with Gasteiger partial charge in [-0.3, -0.25) is 0 Å². The fraction of sp³-hybridized carbons (Fsp3) is 0.533. The average molecular weight is 298 g/mol. The van der Waals surface area contributed by atoms with Crippen molar-refractivity contribution >= 4 is 23.3 Å². The van der Waals surface area contributed by atoms with Gasteiger partial charge in [-0.25, -0.2) is 4.79 Å². The second-order valence-electron chi connectivity index (χ2n) is 4.55. The Balaban J connectivity index is 2.54. The van der Waals surface area contributed by atoms with Gasteiger partial charge in [0.2, 0.25) is 0 Å². The molecule has 0 bridgehead atoms. The Morgan fingerprint density at radius 2 is 1.85 bits per heavy atom. The molecule has 0 saturated heterocycles. The first-order valence-electron chi connectivity index (χ1n) is 7.14. The van der Waals surface area contributed by atoms with Crippen LogP contribution in [0.5, 0.6) is 0 Å². The lowest BCUT2D eigenvalue weighted by Gasteiger charge is -2.25. The van der Waals surface area contributed by atoms with Crippen LogP contribution in [0.1, 0.15) is 20.8 Å². The Bertz CT molecular complexity index is 421. The number of halogens is 1. The highest BCUT2D eigenvalue weighted by Gasteiger charge is 2.12. The maximum absolute atomic E-state index is 12.2. The molecule has 0 atom stereocenters. The molecule has 2 amide bonds. The Kier molecular flexibility index (Phi) is 7.41. The molecule has 0 unspecified atom stereocenters. The van der Waals surface area contributed by atoms with Gasteiger partial charge in [-0.1, -0.05) is 31.5 Å². The van der Waals surface area contributed by atoms with Gasteiger partial charge in [-0.2, -0.15) is 0 Å². The van der Waals surface area contributed by atoms with Crippen LogP contribution in [0.4, 0.5) is 10.5 Å². The molecule has 1 aromatic carbocycles. The number of carbonyl (C=O) groups excluding carboxylic acids is 1. The van der Waals surface area contributed by atoms with Gasteiger partial charge in [0.05, 0.1) is 0 Å². The molecule has 0 spiro atoms. The topological polar surface area (TPSA) is 35.6 Å². The van der Waals surface area contributed by atoms with E-state index >= 15 is 0 Å². The van der Waals surface area contributed by atoms with E-state index in [-0.39, 0.29) is 6.03 Å². The molecule has 1 rings (SSSR count). The predicted octanol–water partition coefficient (Wildman–Crippen LogP) is 3.54. The smallest absolute Gasteiger partial charge is 0.321 e. The van der Waals surface area contributed by atoms with Crippen molar-refractivity contribution in [3.63, 3.8) is 0 Å². The molecular weight excluding hydrogens is 274 g/mol. The normalized spacial score (nSPS) is 10.7. The molecule has 1 N–H and O–H groups in total. The third kappa shape index (κ3) is 5.39. The van der Waals surface area contributed by atoms with Gasteiger partial charge in [-0.15, -0.1) is 0 Å². The highest BCUT2D eigenvalue weighted by Crippen LogP contribution is 2.15. The molecule has 20 heavy (non-hydrogen) atoms. The second-order valence-corrected chi connectivity index (χ2v) is 4.98. The summed E-state index contributed by atoms with van der Waals surface area (Å²) in [5.41, 5.74) is 0.726. The lowest BCUT2D eigenvalue weighted by molar-refractivity contribution is 0.200. The highest BCUT2D eigenvalue weighted by atomic mass is 35.5. The molecule has 0 aliphatic carbocycles. The van der Waals surface area contributed by atoms with E-state index in [1.165, 1.54) is 0 Å². The van der Waals surface area contributed by atoms with E-state index in [2.05, 4.69) is 24.1 Å². The molecule has 0 saturated carbocycles. The summed E-state index contributed by atoms with van der Waals surface area (Å²) in [5, 5.41) is 3.50. The number of urea groups is 1. The van der Waals surface area contributed by atoms with Crippen LogP contribution >= 0.6 is 11.6 Å². The Morgan fingerprint density at radius 1 is 1.15 bits per heavy atom. The number of hydrogen-bond acceptors (Lipinski definition) is 2. The lowest BCUT2D eigenvalue weighted by Crippen LogP contribution is -2.40. The minimum absolute atomic E-state index is 0.0816. The van der Waals surface area contributed by atoms with Crippen LogP contribution < -0.4 is 5.32 Å². The molecular formula is C15H24ClN3O. The van der Waals surface area contributed by atoms with Crippen molar-refractivity contribution < 1.29 is 4.79 Å². The molecule has 0 heterocycles. The van der Waals surface area contributed by atoms with Gasteiger partial charge in [-0.05, 0) is 38.2 Å². The first-order valence-corrected chi connectivity index (χ1v) is 7.52. The van der Waals surface area contributed by atoms with E-state index in [0.29, 0.717) is 11.6 Å². The molecule has 112 valence electrons. The number of likely N-dealkylation sites (N-methyl/N-ethyl adjacent to an activating group) is 2. The highest BCUT2D eigenvalue weighted by molar-refractivity contribution is 6.30. The van der Waals surface area contributed by atoms with Gasteiger partial charge < -0.3 is 15.1 Å². The third-order valence-corrected chi connectivity index (χ3v) is 3.56. The van der Waals surface area contributed by atoms with Crippen molar-refractivity contribution in [1.82, 2.24) is 9.80 Å². The van der Waals surface area contributed by atoms with Crippen molar-refractivity contribution in [2.45, 2.75) is 20.8 Å². The van der Waals surface area contributed by atoms with Crippen LogP contribution in [0.25, 0.3) is 0 Å². The Hall–Kier alpha value is -1.26. The van der Waals surface area contributed by atoms with Crippen molar-refractivity contribution in [3.05, 3.63) is 29.3 Å². The molecule has 1 aromatic rings. The van der Waals surface area contributed by atoms with E-state index in [4.69, 9.17) is 11.6 Å². The van der Waals surface area contributed by atoms with Gasteiger partial charge >= 0.3 is 6.03 Å². The fourth-order valence-corrected chi connectivity index (χ4v) is 2.16. The summed E-state index contributed by atoms with van der Waals surface area (Å²) in [5.74, 6) is 0. The van der Waals surface area contributed by atoms with E-state index in [0.717, 1.165) is 31.9 Å². The molecule has 0 aliphatic heterocycles. The number of carbonyl (C=O) groups is 1. The van der Waals surface area contributed by atoms with Crippen molar-refractivity contribution in [1.29, 1.82) is 0 Å². The van der Waals surface area contributed by atoms with Gasteiger partial charge in [0.1, 0.15) is 0 Å². The molecule has 4 nitrogen and oxygen atoms in total. The summed E-state index contributed by atoms with van der Waals surface area (Å²) in [6.07, 6.45) is 0. The number of amides is 2. The summed E-state index contributed by atoms with van der Waals surface area (Å²) in [6, 6.07) is 7.11. The molecule has 0 aliphatic rings. The first-order chi connectivity index (χ1) is 9.60. The molecule has 0 radical (unpaired) electrons. The Labute approximate surface area is 126 Å². The summed E-state index contributed by atoms with van der Waals surface area (Å²) in [4.78, 5) is 16.3. The summed E-state index contributed by atoms with van der Waals surface area (Å²) < 4.78 is 0. The Morgan fingerprint density at radius 3 is 2.40 bits per heavy atom. The van der Waals surface area contributed by atoms with E-state index < -0.39 is 0 Å². The van der Waals surface area contributed by atoms with Crippen LogP contribution in [0.3, 0.4) is 0 Å². The van der Waals surface area contributed by atoms with Gasteiger partial charge in [0, 0.05) is 30.3 Å². The molecule has 5 heteroatoms. The number of nitrogens with one attached hydrogen (secondary N) is 1. The van der Waals surface area contributed by atoms with Crippen LogP contribution in [-0.2, 0) is 0 Å².